The van der Waals surface area contributed by atoms with Crippen LogP contribution in [-0.4, -0.2) is 46.0 Å². The zero-order valence-electron chi connectivity index (χ0n) is 14.3. The largest absolute Gasteiger partial charge is 0.338 e. The molecular formula is C19H21N5S. The predicted molar refractivity (Wildman–Crippen MR) is 102 cm³/mol. The number of anilines is 1. The van der Waals surface area contributed by atoms with Crippen molar-refractivity contribution >= 4 is 17.3 Å². The molecule has 0 unspecified atom stereocenters. The van der Waals surface area contributed by atoms with Gasteiger partial charge in [0.15, 0.2) is 0 Å². The molecular weight excluding hydrogens is 330 g/mol. The second kappa shape index (κ2) is 7.29. The van der Waals surface area contributed by atoms with Crippen LogP contribution in [0.4, 0.5) is 5.95 Å². The normalized spacial score (nSPS) is 15.5. The number of benzene rings is 1. The van der Waals surface area contributed by atoms with Gasteiger partial charge in [0.1, 0.15) is 5.01 Å². The van der Waals surface area contributed by atoms with Crippen molar-refractivity contribution in [1.82, 2.24) is 19.9 Å². The Hall–Kier alpha value is -2.31. The van der Waals surface area contributed by atoms with Gasteiger partial charge in [0.05, 0.1) is 5.69 Å². The first-order chi connectivity index (χ1) is 12.3. The summed E-state index contributed by atoms with van der Waals surface area (Å²) in [6.45, 7) is 6.98. The quantitative estimate of drug-likeness (QED) is 0.722. The van der Waals surface area contributed by atoms with E-state index in [9.17, 15) is 0 Å². The van der Waals surface area contributed by atoms with E-state index in [1.807, 2.05) is 6.07 Å². The van der Waals surface area contributed by atoms with Gasteiger partial charge < -0.3 is 4.90 Å². The highest BCUT2D eigenvalue weighted by molar-refractivity contribution is 7.13. The third-order valence-corrected chi connectivity index (χ3v) is 5.44. The lowest BCUT2D eigenvalue weighted by Crippen LogP contribution is -2.46. The van der Waals surface area contributed by atoms with Crippen LogP contribution in [0.5, 0.6) is 0 Å². The van der Waals surface area contributed by atoms with Gasteiger partial charge in [0, 0.05) is 56.1 Å². The summed E-state index contributed by atoms with van der Waals surface area (Å²) in [4.78, 5) is 18.2. The van der Waals surface area contributed by atoms with Crippen LogP contribution in [0.25, 0.3) is 10.6 Å². The molecule has 0 aliphatic carbocycles. The maximum absolute atomic E-state index is 4.85. The van der Waals surface area contributed by atoms with Crippen LogP contribution in [0, 0.1) is 6.92 Å². The van der Waals surface area contributed by atoms with Gasteiger partial charge in [-0.1, -0.05) is 24.3 Å². The van der Waals surface area contributed by atoms with Crippen molar-refractivity contribution in [3.8, 4) is 10.6 Å². The van der Waals surface area contributed by atoms with Crippen molar-refractivity contribution in [2.24, 2.45) is 0 Å². The number of thiazole rings is 1. The molecule has 2 aromatic heterocycles. The Balaban J connectivity index is 1.37. The minimum absolute atomic E-state index is 0.831. The van der Waals surface area contributed by atoms with Crippen LogP contribution in [0.2, 0.25) is 0 Å². The first kappa shape index (κ1) is 16.2. The maximum atomic E-state index is 4.85. The number of piperazine rings is 1. The minimum atomic E-state index is 0.831. The highest BCUT2D eigenvalue weighted by Gasteiger charge is 2.19. The number of aryl methyl sites for hydroxylation is 1. The van der Waals surface area contributed by atoms with E-state index in [2.05, 4.69) is 56.3 Å². The van der Waals surface area contributed by atoms with E-state index in [0.717, 1.165) is 49.4 Å². The Labute approximate surface area is 152 Å². The molecule has 0 radical (unpaired) electrons. The van der Waals surface area contributed by atoms with E-state index < -0.39 is 0 Å². The molecule has 3 aromatic rings. The summed E-state index contributed by atoms with van der Waals surface area (Å²) >= 11 is 1.73. The SMILES string of the molecule is Cc1ccccc1-c1nc(CN2CCN(c3ncccn3)CC2)cs1. The number of nitrogens with zero attached hydrogens (tertiary/aromatic N) is 5. The van der Waals surface area contributed by atoms with Gasteiger partial charge in [-0.3, -0.25) is 4.90 Å². The Bertz CT molecular complexity index is 825. The molecule has 0 spiro atoms. The molecule has 1 aliphatic heterocycles. The number of hydrogen-bond donors (Lipinski definition) is 0. The van der Waals surface area contributed by atoms with Crippen molar-refractivity contribution < 1.29 is 0 Å². The Morgan fingerprint density at radius 2 is 1.76 bits per heavy atom. The summed E-state index contributed by atoms with van der Waals surface area (Å²) in [5.74, 6) is 0.831. The first-order valence-electron chi connectivity index (χ1n) is 8.54. The molecule has 1 aromatic carbocycles. The fourth-order valence-electron chi connectivity index (χ4n) is 3.11. The molecule has 0 N–H and O–H groups in total. The molecule has 3 heterocycles. The Morgan fingerprint density at radius 3 is 2.52 bits per heavy atom. The van der Waals surface area contributed by atoms with Crippen molar-refractivity contribution in [1.29, 1.82) is 0 Å². The average Bonchev–Trinajstić information content (AvgIpc) is 3.12. The third kappa shape index (κ3) is 3.70. The average molecular weight is 351 g/mol. The zero-order valence-corrected chi connectivity index (χ0v) is 15.1. The van der Waals surface area contributed by atoms with Crippen LogP contribution >= 0.6 is 11.3 Å². The van der Waals surface area contributed by atoms with Crippen molar-refractivity contribution in [2.75, 3.05) is 31.1 Å². The minimum Gasteiger partial charge on any atom is -0.338 e. The predicted octanol–water partition coefficient (Wildman–Crippen LogP) is 3.23. The van der Waals surface area contributed by atoms with E-state index in [1.165, 1.54) is 11.1 Å². The molecule has 0 atom stereocenters. The summed E-state index contributed by atoms with van der Waals surface area (Å²) in [5.41, 5.74) is 3.68. The number of hydrogen-bond acceptors (Lipinski definition) is 6. The van der Waals surface area contributed by atoms with E-state index >= 15 is 0 Å². The molecule has 6 heteroatoms. The van der Waals surface area contributed by atoms with Crippen molar-refractivity contribution in [3.63, 3.8) is 0 Å². The van der Waals surface area contributed by atoms with E-state index in [0.29, 0.717) is 0 Å². The highest BCUT2D eigenvalue weighted by atomic mass is 32.1. The third-order valence-electron chi connectivity index (χ3n) is 4.52. The first-order valence-corrected chi connectivity index (χ1v) is 9.42. The fraction of sp³-hybridized carbons (Fsp3) is 0.316. The molecule has 25 heavy (non-hydrogen) atoms. The lowest BCUT2D eigenvalue weighted by atomic mass is 10.1. The van der Waals surface area contributed by atoms with Crippen molar-refractivity contribution in [3.05, 3.63) is 59.4 Å². The second-order valence-corrected chi connectivity index (χ2v) is 7.13. The van der Waals surface area contributed by atoms with E-state index in [1.54, 1.807) is 23.7 Å². The summed E-state index contributed by atoms with van der Waals surface area (Å²) in [5, 5.41) is 3.30. The van der Waals surface area contributed by atoms with Crippen LogP contribution in [-0.2, 0) is 6.54 Å². The van der Waals surface area contributed by atoms with Crippen LogP contribution in [0.1, 0.15) is 11.3 Å². The molecule has 0 saturated carbocycles. The molecule has 0 bridgehead atoms. The maximum Gasteiger partial charge on any atom is 0.225 e. The van der Waals surface area contributed by atoms with Gasteiger partial charge in [-0.05, 0) is 18.6 Å². The molecule has 5 nitrogen and oxygen atoms in total. The van der Waals surface area contributed by atoms with Gasteiger partial charge in [-0.15, -0.1) is 11.3 Å². The number of rotatable bonds is 4. The van der Waals surface area contributed by atoms with Gasteiger partial charge >= 0.3 is 0 Å². The lowest BCUT2D eigenvalue weighted by Gasteiger charge is -2.34. The molecule has 4 rings (SSSR count). The summed E-state index contributed by atoms with van der Waals surface area (Å²) in [6.07, 6.45) is 3.61. The van der Waals surface area contributed by atoms with Crippen LogP contribution < -0.4 is 4.90 Å². The van der Waals surface area contributed by atoms with Crippen molar-refractivity contribution in [2.45, 2.75) is 13.5 Å². The number of aromatic nitrogens is 3. The summed E-state index contributed by atoms with van der Waals surface area (Å²) < 4.78 is 0. The molecule has 1 fully saturated rings. The Kier molecular flexibility index (Phi) is 4.72. The zero-order chi connectivity index (χ0) is 17.1. The Morgan fingerprint density at radius 1 is 1.00 bits per heavy atom. The fourth-order valence-corrected chi connectivity index (χ4v) is 4.01. The summed E-state index contributed by atoms with van der Waals surface area (Å²) in [6, 6.07) is 10.3. The van der Waals surface area contributed by atoms with Gasteiger partial charge in [-0.25, -0.2) is 15.0 Å². The smallest absolute Gasteiger partial charge is 0.225 e. The molecule has 1 saturated heterocycles. The van der Waals surface area contributed by atoms with E-state index in [-0.39, 0.29) is 0 Å². The second-order valence-electron chi connectivity index (χ2n) is 6.27. The van der Waals surface area contributed by atoms with Gasteiger partial charge in [0.2, 0.25) is 5.95 Å². The molecule has 128 valence electrons. The lowest BCUT2D eigenvalue weighted by molar-refractivity contribution is 0.246. The van der Waals surface area contributed by atoms with Crippen LogP contribution in [0.15, 0.2) is 48.1 Å². The summed E-state index contributed by atoms with van der Waals surface area (Å²) in [7, 11) is 0. The van der Waals surface area contributed by atoms with Gasteiger partial charge in [0.25, 0.3) is 0 Å². The van der Waals surface area contributed by atoms with Gasteiger partial charge in [-0.2, -0.15) is 0 Å². The van der Waals surface area contributed by atoms with Crippen LogP contribution in [0.3, 0.4) is 0 Å². The molecule has 0 amide bonds. The molecule has 1 aliphatic rings. The topological polar surface area (TPSA) is 45.2 Å². The standard InChI is InChI=1S/C19H21N5S/c1-15-5-2-3-6-17(15)18-22-16(14-25-18)13-23-9-11-24(12-10-23)19-20-7-4-8-21-19/h2-8,14H,9-13H2,1H3. The monoisotopic (exact) mass is 351 g/mol. The van der Waals surface area contributed by atoms with E-state index in [4.69, 9.17) is 4.98 Å². The highest BCUT2D eigenvalue weighted by Crippen LogP contribution is 2.27.